The maximum Gasteiger partial charge on any atom is 0.262 e. The first-order valence-corrected chi connectivity index (χ1v) is 13.4. The van der Waals surface area contributed by atoms with Crippen molar-refractivity contribution in [3.8, 4) is 16.9 Å². The van der Waals surface area contributed by atoms with E-state index in [9.17, 15) is 13.2 Å². The lowest BCUT2D eigenvalue weighted by Crippen LogP contribution is -2.26. The summed E-state index contributed by atoms with van der Waals surface area (Å²) in [5, 5.41) is 2.73. The largest absolute Gasteiger partial charge is 0.483 e. The standard InChI is InChI=1S/C28H25BrN2O4S/c1-31(19-21-8-4-2-5-9-21)36(33,34)25-15-13-24(14-16-25)30-28(32)20-35-27-17-12-23(18-26(27)29)22-10-6-3-7-11-22/h2-18H,19-20H2,1H3,(H,30,32). The normalized spacial score (nSPS) is 11.3. The van der Waals surface area contributed by atoms with Crippen molar-refractivity contribution in [3.05, 3.63) is 113 Å². The van der Waals surface area contributed by atoms with Crippen LogP contribution in [-0.4, -0.2) is 32.3 Å². The van der Waals surface area contributed by atoms with Gasteiger partial charge >= 0.3 is 0 Å². The minimum atomic E-state index is -3.67. The van der Waals surface area contributed by atoms with Crippen LogP contribution >= 0.6 is 15.9 Å². The van der Waals surface area contributed by atoms with Gasteiger partial charge in [-0.15, -0.1) is 0 Å². The average Bonchev–Trinajstić information content (AvgIpc) is 2.89. The van der Waals surface area contributed by atoms with E-state index >= 15 is 0 Å². The highest BCUT2D eigenvalue weighted by molar-refractivity contribution is 9.10. The summed E-state index contributed by atoms with van der Waals surface area (Å²) in [6.45, 7) is 0.0734. The van der Waals surface area contributed by atoms with E-state index in [0.717, 1.165) is 21.2 Å². The van der Waals surface area contributed by atoms with Crippen molar-refractivity contribution in [1.82, 2.24) is 4.31 Å². The number of anilines is 1. The van der Waals surface area contributed by atoms with Gasteiger partial charge in [0.2, 0.25) is 10.0 Å². The van der Waals surface area contributed by atoms with Crippen molar-refractivity contribution in [1.29, 1.82) is 0 Å². The summed E-state index contributed by atoms with van der Waals surface area (Å²) < 4.78 is 33.5. The zero-order chi connectivity index (χ0) is 25.5. The van der Waals surface area contributed by atoms with E-state index in [1.165, 1.54) is 16.4 Å². The molecule has 1 amide bonds. The van der Waals surface area contributed by atoms with Gasteiger partial charge in [-0.25, -0.2) is 8.42 Å². The van der Waals surface area contributed by atoms with Crippen LogP contribution in [0.5, 0.6) is 5.75 Å². The maximum absolute atomic E-state index is 12.9. The van der Waals surface area contributed by atoms with Crippen LogP contribution in [0.2, 0.25) is 0 Å². The molecule has 0 fully saturated rings. The molecular weight excluding hydrogens is 540 g/mol. The van der Waals surface area contributed by atoms with Gasteiger partial charge < -0.3 is 10.1 Å². The third-order valence-corrected chi connectivity index (χ3v) is 7.93. The minimum Gasteiger partial charge on any atom is -0.483 e. The predicted molar refractivity (Wildman–Crippen MR) is 145 cm³/mol. The Morgan fingerprint density at radius 1 is 0.861 bits per heavy atom. The number of benzene rings is 4. The number of rotatable bonds is 9. The summed E-state index contributed by atoms with van der Waals surface area (Å²) >= 11 is 3.50. The van der Waals surface area contributed by atoms with Gasteiger partial charge in [0.1, 0.15) is 5.75 Å². The van der Waals surface area contributed by atoms with Gasteiger partial charge in [-0.2, -0.15) is 4.31 Å². The molecule has 0 spiro atoms. The first-order valence-electron chi connectivity index (χ1n) is 11.2. The van der Waals surface area contributed by atoms with Crippen molar-refractivity contribution in [2.24, 2.45) is 0 Å². The molecule has 0 radical (unpaired) electrons. The second kappa shape index (κ2) is 11.5. The third-order valence-electron chi connectivity index (χ3n) is 5.49. The Balaban J connectivity index is 1.33. The molecule has 0 aliphatic heterocycles. The van der Waals surface area contributed by atoms with Crippen LogP contribution in [0.25, 0.3) is 11.1 Å². The van der Waals surface area contributed by atoms with Crippen LogP contribution < -0.4 is 10.1 Å². The minimum absolute atomic E-state index is 0.151. The summed E-state index contributed by atoms with van der Waals surface area (Å²) in [7, 11) is -2.12. The van der Waals surface area contributed by atoms with E-state index in [0.29, 0.717) is 11.4 Å². The molecule has 0 aromatic heterocycles. The number of nitrogens with one attached hydrogen (secondary N) is 1. The van der Waals surface area contributed by atoms with Gasteiger partial charge in [0, 0.05) is 19.3 Å². The molecule has 4 aromatic carbocycles. The number of halogens is 1. The Hall–Kier alpha value is -3.46. The fourth-order valence-electron chi connectivity index (χ4n) is 3.58. The molecule has 0 aliphatic carbocycles. The molecule has 184 valence electrons. The van der Waals surface area contributed by atoms with Gasteiger partial charge in [0.25, 0.3) is 5.91 Å². The molecule has 0 bridgehead atoms. The van der Waals surface area contributed by atoms with Crippen LogP contribution in [0.1, 0.15) is 5.56 Å². The SMILES string of the molecule is CN(Cc1ccccc1)S(=O)(=O)c1ccc(NC(=O)COc2ccc(-c3ccccc3)cc2Br)cc1. The van der Waals surface area contributed by atoms with Crippen LogP contribution in [0.4, 0.5) is 5.69 Å². The Morgan fingerprint density at radius 2 is 1.50 bits per heavy atom. The molecule has 0 heterocycles. The lowest BCUT2D eigenvalue weighted by molar-refractivity contribution is -0.118. The number of amides is 1. The summed E-state index contributed by atoms with van der Waals surface area (Å²) in [4.78, 5) is 12.6. The third kappa shape index (κ3) is 6.40. The molecular formula is C28H25BrN2O4S. The van der Waals surface area contributed by atoms with E-state index in [-0.39, 0.29) is 24.0 Å². The highest BCUT2D eigenvalue weighted by Gasteiger charge is 2.21. The smallest absolute Gasteiger partial charge is 0.262 e. The van der Waals surface area contributed by atoms with E-state index in [1.807, 2.05) is 78.9 Å². The van der Waals surface area contributed by atoms with Crippen molar-refractivity contribution in [2.45, 2.75) is 11.4 Å². The van der Waals surface area contributed by atoms with Gasteiger partial charge in [0.15, 0.2) is 6.61 Å². The van der Waals surface area contributed by atoms with Crippen molar-refractivity contribution < 1.29 is 17.9 Å². The fourth-order valence-corrected chi connectivity index (χ4v) is 5.24. The van der Waals surface area contributed by atoms with Crippen LogP contribution in [0.3, 0.4) is 0 Å². The molecule has 0 atom stereocenters. The van der Waals surface area contributed by atoms with Crippen LogP contribution in [-0.2, 0) is 21.4 Å². The lowest BCUT2D eigenvalue weighted by Gasteiger charge is -2.17. The molecule has 6 nitrogen and oxygen atoms in total. The van der Waals surface area contributed by atoms with Crippen molar-refractivity contribution in [2.75, 3.05) is 19.0 Å². The molecule has 0 saturated heterocycles. The van der Waals surface area contributed by atoms with E-state index in [4.69, 9.17) is 4.74 Å². The molecule has 4 aromatic rings. The molecule has 0 unspecified atom stereocenters. The number of carbonyl (C=O) groups is 1. The monoisotopic (exact) mass is 564 g/mol. The van der Waals surface area contributed by atoms with Gasteiger partial charge in [-0.05, 0) is 69.0 Å². The molecule has 0 saturated carbocycles. The Kier molecular flexibility index (Phi) is 8.20. The molecule has 36 heavy (non-hydrogen) atoms. The second-order valence-electron chi connectivity index (χ2n) is 8.12. The first-order chi connectivity index (χ1) is 17.3. The zero-order valence-corrected chi connectivity index (χ0v) is 22.0. The number of ether oxygens (including phenoxy) is 1. The fraction of sp³-hybridized carbons (Fsp3) is 0.107. The van der Waals surface area contributed by atoms with E-state index in [2.05, 4.69) is 21.2 Å². The summed E-state index contributed by atoms with van der Waals surface area (Å²) in [6.07, 6.45) is 0. The number of hydrogen-bond donors (Lipinski definition) is 1. The molecule has 0 aliphatic rings. The number of hydrogen-bond acceptors (Lipinski definition) is 4. The van der Waals surface area contributed by atoms with Gasteiger partial charge in [-0.3, -0.25) is 4.79 Å². The summed E-state index contributed by atoms with van der Waals surface area (Å²) in [5.74, 6) is 0.193. The predicted octanol–water partition coefficient (Wildman–Crippen LogP) is 5.95. The number of nitrogens with zero attached hydrogens (tertiary/aromatic N) is 1. The number of sulfonamides is 1. The first kappa shape index (κ1) is 25.6. The molecule has 1 N–H and O–H groups in total. The zero-order valence-electron chi connectivity index (χ0n) is 19.6. The Labute approximate surface area is 219 Å². The van der Waals surface area contributed by atoms with E-state index < -0.39 is 10.0 Å². The van der Waals surface area contributed by atoms with Crippen molar-refractivity contribution in [3.63, 3.8) is 0 Å². The second-order valence-corrected chi connectivity index (χ2v) is 11.0. The van der Waals surface area contributed by atoms with Crippen molar-refractivity contribution >= 4 is 37.5 Å². The average molecular weight is 565 g/mol. The molecule has 8 heteroatoms. The van der Waals surface area contributed by atoms with Crippen LogP contribution in [0.15, 0.2) is 112 Å². The summed E-state index contributed by atoms with van der Waals surface area (Å²) in [6, 6.07) is 31.1. The highest BCUT2D eigenvalue weighted by atomic mass is 79.9. The number of carbonyl (C=O) groups excluding carboxylic acids is 1. The Morgan fingerprint density at radius 3 is 2.14 bits per heavy atom. The Bertz CT molecular complexity index is 1430. The quantitative estimate of drug-likeness (QED) is 0.272. The summed E-state index contributed by atoms with van der Waals surface area (Å²) in [5.41, 5.74) is 3.49. The van der Waals surface area contributed by atoms with Crippen LogP contribution in [0, 0.1) is 0 Å². The van der Waals surface area contributed by atoms with Gasteiger partial charge in [-0.1, -0.05) is 66.7 Å². The van der Waals surface area contributed by atoms with E-state index in [1.54, 1.807) is 19.2 Å². The topological polar surface area (TPSA) is 75.7 Å². The lowest BCUT2D eigenvalue weighted by atomic mass is 10.1. The van der Waals surface area contributed by atoms with Gasteiger partial charge in [0.05, 0.1) is 9.37 Å². The molecule has 4 rings (SSSR count). The maximum atomic E-state index is 12.9. The highest BCUT2D eigenvalue weighted by Crippen LogP contribution is 2.30.